The molecule has 0 aliphatic rings. The lowest BCUT2D eigenvalue weighted by Gasteiger charge is -2.13. The van der Waals surface area contributed by atoms with Gasteiger partial charge in [0.05, 0.1) is 0 Å². The Hall–Kier alpha value is -2.25. The van der Waals surface area contributed by atoms with Crippen molar-refractivity contribution in [2.75, 3.05) is 5.32 Å². The number of amides is 1. The lowest BCUT2D eigenvalue weighted by molar-refractivity contribution is -0.122. The molecule has 0 aliphatic carbocycles. The number of hydrogen-bond donors (Lipinski definition) is 1. The van der Waals surface area contributed by atoms with Crippen molar-refractivity contribution in [3.8, 4) is 16.3 Å². The van der Waals surface area contributed by atoms with Gasteiger partial charge in [-0.3, -0.25) is 10.1 Å². The van der Waals surface area contributed by atoms with Crippen LogP contribution in [-0.2, 0) is 4.79 Å². The van der Waals surface area contributed by atoms with Gasteiger partial charge in [-0.05, 0) is 38.1 Å². The highest BCUT2D eigenvalue weighted by Crippen LogP contribution is 2.26. The average Bonchev–Trinajstić information content (AvgIpc) is 3.06. The third-order valence-electron chi connectivity index (χ3n) is 3.45. The van der Waals surface area contributed by atoms with Crippen LogP contribution in [0.3, 0.4) is 0 Å². The van der Waals surface area contributed by atoms with Gasteiger partial charge in [0.1, 0.15) is 10.8 Å². The number of carbonyl (C=O) groups excluding carboxylic acids is 1. The topological polar surface area (TPSA) is 64.1 Å². The summed E-state index contributed by atoms with van der Waals surface area (Å²) < 4.78 is 6.58. The second kappa shape index (κ2) is 7.76. The summed E-state index contributed by atoms with van der Waals surface area (Å²) >= 11 is 4.69. The standard InChI is InChI=1S/C18H16BrN3O2S/c1-11-3-5-13(6-4-11)17-21-22-18(25-17)20-16(23)12(2)24-15-9-7-14(19)8-10-15/h3-10,12H,1-2H3,(H,20,22,23)/t12-/m1/s1. The van der Waals surface area contributed by atoms with Crippen LogP contribution in [0.2, 0.25) is 0 Å². The van der Waals surface area contributed by atoms with E-state index < -0.39 is 6.10 Å². The van der Waals surface area contributed by atoms with Crippen LogP contribution in [0.4, 0.5) is 5.13 Å². The first-order valence-corrected chi connectivity index (χ1v) is 9.26. The second-order valence-corrected chi connectivity index (χ2v) is 7.37. The lowest BCUT2D eigenvalue weighted by Crippen LogP contribution is -2.30. The highest BCUT2D eigenvalue weighted by atomic mass is 79.9. The normalized spacial score (nSPS) is 11.8. The maximum Gasteiger partial charge on any atom is 0.266 e. The van der Waals surface area contributed by atoms with Crippen LogP contribution < -0.4 is 10.1 Å². The molecule has 0 aliphatic heterocycles. The molecule has 0 saturated heterocycles. The second-order valence-electron chi connectivity index (χ2n) is 5.48. The molecule has 2 aromatic carbocycles. The first-order valence-electron chi connectivity index (χ1n) is 7.65. The Bertz CT molecular complexity index is 863. The van der Waals surface area contributed by atoms with Crippen molar-refractivity contribution in [3.63, 3.8) is 0 Å². The molecule has 0 radical (unpaired) electrons. The minimum Gasteiger partial charge on any atom is -0.481 e. The fourth-order valence-corrected chi connectivity index (χ4v) is 3.08. The van der Waals surface area contributed by atoms with Gasteiger partial charge in [0, 0.05) is 10.0 Å². The SMILES string of the molecule is Cc1ccc(-c2nnc(NC(=O)[C@@H](C)Oc3ccc(Br)cc3)s2)cc1. The van der Waals surface area contributed by atoms with E-state index in [1.54, 1.807) is 19.1 Å². The van der Waals surface area contributed by atoms with Crippen molar-refractivity contribution in [1.29, 1.82) is 0 Å². The smallest absolute Gasteiger partial charge is 0.266 e. The first-order chi connectivity index (χ1) is 12.0. The summed E-state index contributed by atoms with van der Waals surface area (Å²) in [7, 11) is 0. The Morgan fingerprint density at radius 2 is 1.80 bits per heavy atom. The molecule has 1 atom stereocenters. The number of hydrogen-bond acceptors (Lipinski definition) is 5. The molecular formula is C18H16BrN3O2S. The van der Waals surface area contributed by atoms with Gasteiger partial charge in [-0.2, -0.15) is 0 Å². The molecule has 3 rings (SSSR count). The van der Waals surface area contributed by atoms with E-state index in [-0.39, 0.29) is 5.91 Å². The highest BCUT2D eigenvalue weighted by Gasteiger charge is 2.17. The number of halogens is 1. The van der Waals surface area contributed by atoms with Gasteiger partial charge < -0.3 is 4.74 Å². The maximum atomic E-state index is 12.3. The first kappa shape index (κ1) is 17.6. The van der Waals surface area contributed by atoms with Crippen molar-refractivity contribution in [1.82, 2.24) is 10.2 Å². The molecule has 1 amide bonds. The van der Waals surface area contributed by atoms with Gasteiger partial charge in [-0.15, -0.1) is 10.2 Å². The Labute approximate surface area is 158 Å². The van der Waals surface area contributed by atoms with Crippen LogP contribution in [0.25, 0.3) is 10.6 Å². The molecule has 7 heteroatoms. The number of nitrogens with one attached hydrogen (secondary N) is 1. The monoisotopic (exact) mass is 417 g/mol. The molecule has 128 valence electrons. The van der Waals surface area contributed by atoms with Crippen LogP contribution in [0, 0.1) is 6.92 Å². The Balaban J connectivity index is 1.62. The molecule has 1 aromatic heterocycles. The number of carbonyl (C=O) groups is 1. The Morgan fingerprint density at radius 3 is 2.48 bits per heavy atom. The van der Waals surface area contributed by atoms with Crippen LogP contribution in [-0.4, -0.2) is 22.2 Å². The summed E-state index contributed by atoms with van der Waals surface area (Å²) in [5.41, 5.74) is 2.16. The van der Waals surface area contributed by atoms with E-state index in [9.17, 15) is 4.79 Å². The van der Waals surface area contributed by atoms with E-state index in [1.807, 2.05) is 43.3 Å². The number of nitrogens with zero attached hydrogens (tertiary/aromatic N) is 2. The summed E-state index contributed by atoms with van der Waals surface area (Å²) in [4.78, 5) is 12.3. The Kier molecular flexibility index (Phi) is 5.45. The zero-order chi connectivity index (χ0) is 17.8. The van der Waals surface area contributed by atoms with Crippen LogP contribution >= 0.6 is 27.3 Å². The fraction of sp³-hybridized carbons (Fsp3) is 0.167. The molecule has 0 fully saturated rings. The van der Waals surface area contributed by atoms with Crippen molar-refractivity contribution in [2.45, 2.75) is 20.0 Å². The fourth-order valence-electron chi connectivity index (χ4n) is 2.06. The van der Waals surface area contributed by atoms with Gasteiger partial charge in [0.25, 0.3) is 5.91 Å². The van der Waals surface area contributed by atoms with Crippen molar-refractivity contribution < 1.29 is 9.53 Å². The van der Waals surface area contributed by atoms with Gasteiger partial charge in [-0.25, -0.2) is 0 Å². The van der Waals surface area contributed by atoms with Gasteiger partial charge in [-0.1, -0.05) is 57.1 Å². The summed E-state index contributed by atoms with van der Waals surface area (Å²) in [5.74, 6) is 0.359. The summed E-state index contributed by atoms with van der Waals surface area (Å²) in [6, 6.07) is 15.3. The van der Waals surface area contributed by atoms with Crippen LogP contribution in [0.15, 0.2) is 53.0 Å². The quantitative estimate of drug-likeness (QED) is 0.654. The van der Waals surface area contributed by atoms with Gasteiger partial charge >= 0.3 is 0 Å². The summed E-state index contributed by atoms with van der Waals surface area (Å²) in [6.45, 7) is 3.72. The molecule has 0 unspecified atom stereocenters. The van der Waals surface area contributed by atoms with E-state index in [1.165, 1.54) is 16.9 Å². The Morgan fingerprint density at radius 1 is 1.12 bits per heavy atom. The van der Waals surface area contributed by atoms with Crippen molar-refractivity contribution in [3.05, 3.63) is 58.6 Å². The largest absolute Gasteiger partial charge is 0.481 e. The maximum absolute atomic E-state index is 12.3. The molecular weight excluding hydrogens is 402 g/mol. The molecule has 0 saturated carbocycles. The minimum atomic E-state index is -0.645. The van der Waals surface area contributed by atoms with Crippen molar-refractivity contribution in [2.24, 2.45) is 0 Å². The molecule has 25 heavy (non-hydrogen) atoms. The van der Waals surface area contributed by atoms with E-state index in [0.717, 1.165) is 15.0 Å². The number of rotatable bonds is 5. The molecule has 0 bridgehead atoms. The summed E-state index contributed by atoms with van der Waals surface area (Å²) in [5, 5.41) is 12.1. The molecule has 0 spiro atoms. The number of benzene rings is 2. The average molecular weight is 418 g/mol. The van der Waals surface area contributed by atoms with Crippen molar-refractivity contribution >= 4 is 38.3 Å². The summed E-state index contributed by atoms with van der Waals surface area (Å²) in [6.07, 6.45) is -0.645. The zero-order valence-corrected chi connectivity index (χ0v) is 16.1. The number of anilines is 1. The number of ether oxygens (including phenoxy) is 1. The van der Waals surface area contributed by atoms with Crippen LogP contribution in [0.5, 0.6) is 5.75 Å². The highest BCUT2D eigenvalue weighted by molar-refractivity contribution is 9.10. The lowest BCUT2D eigenvalue weighted by atomic mass is 10.2. The predicted molar refractivity (Wildman–Crippen MR) is 103 cm³/mol. The number of aromatic nitrogens is 2. The van der Waals surface area contributed by atoms with Crippen LogP contribution in [0.1, 0.15) is 12.5 Å². The molecule has 1 N–H and O–H groups in total. The van der Waals surface area contributed by atoms with E-state index >= 15 is 0 Å². The third kappa shape index (κ3) is 4.64. The minimum absolute atomic E-state index is 0.269. The number of aryl methyl sites for hydroxylation is 1. The van der Waals surface area contributed by atoms with E-state index in [2.05, 4.69) is 31.4 Å². The molecule has 3 aromatic rings. The zero-order valence-electron chi connectivity index (χ0n) is 13.7. The predicted octanol–water partition coefficient (Wildman–Crippen LogP) is 4.68. The van der Waals surface area contributed by atoms with Gasteiger partial charge in [0.15, 0.2) is 6.10 Å². The van der Waals surface area contributed by atoms with Gasteiger partial charge in [0.2, 0.25) is 5.13 Å². The van der Waals surface area contributed by atoms with E-state index in [4.69, 9.17) is 4.74 Å². The third-order valence-corrected chi connectivity index (χ3v) is 4.87. The molecule has 1 heterocycles. The molecule has 5 nitrogen and oxygen atoms in total. The van der Waals surface area contributed by atoms with E-state index in [0.29, 0.717) is 10.9 Å².